The smallest absolute Gasteiger partial charge is 0.119 e. The molecule has 168 valence electrons. The van der Waals surface area contributed by atoms with Crippen molar-refractivity contribution in [3.8, 4) is 5.75 Å². The Bertz CT molecular complexity index is 767. The van der Waals surface area contributed by atoms with Crippen LogP contribution in [-0.2, 0) is 21.5 Å². The van der Waals surface area contributed by atoms with E-state index in [4.69, 9.17) is 14.2 Å². The van der Waals surface area contributed by atoms with Gasteiger partial charge >= 0.3 is 0 Å². The quantitative estimate of drug-likeness (QED) is 0.756. The molecule has 5 aliphatic rings. The molecular weight excluding hydrogens is 423 g/mol. The Morgan fingerprint density at radius 2 is 2.03 bits per heavy atom. The largest absolute Gasteiger partial charge is 0.497 e. The molecule has 5 aliphatic heterocycles. The third-order valence-corrected chi connectivity index (χ3v) is 8.38. The van der Waals surface area contributed by atoms with Crippen molar-refractivity contribution in [1.29, 1.82) is 0 Å². The molecule has 7 heteroatoms. The number of ether oxygens (including phenoxy) is 3. The number of rotatable bonds is 3. The fraction of sp³-hybridized carbons (Fsp3) is 0.739. The average molecular weight is 457 g/mol. The lowest BCUT2D eigenvalue weighted by Gasteiger charge is -2.46. The van der Waals surface area contributed by atoms with Gasteiger partial charge in [0, 0.05) is 44.6 Å². The van der Waals surface area contributed by atoms with E-state index in [2.05, 4.69) is 28.4 Å². The second-order valence-corrected chi connectivity index (χ2v) is 9.58. The third-order valence-electron chi connectivity index (χ3n) is 8.38. The Hall–Kier alpha value is -0.560. The van der Waals surface area contributed by atoms with Gasteiger partial charge in [-0.3, -0.25) is 0 Å². The van der Waals surface area contributed by atoms with E-state index in [-0.39, 0.29) is 36.0 Å². The number of methoxy groups -OCH3 is 1. The Balaban J connectivity index is 0.00000109. The maximum Gasteiger partial charge on any atom is 0.119 e. The summed E-state index contributed by atoms with van der Waals surface area (Å²) in [6.07, 6.45) is 6.22. The first-order valence-electron chi connectivity index (χ1n) is 11.1. The molecule has 0 radical (unpaired) electrons. The molecule has 4 saturated heterocycles. The van der Waals surface area contributed by atoms with E-state index >= 15 is 0 Å². The first-order valence-corrected chi connectivity index (χ1v) is 11.1. The van der Waals surface area contributed by atoms with E-state index < -0.39 is 0 Å². The number of likely N-dealkylation sites (tertiary alicyclic amines) is 1. The van der Waals surface area contributed by atoms with Crippen LogP contribution in [0.25, 0.3) is 0 Å². The van der Waals surface area contributed by atoms with E-state index in [0.29, 0.717) is 12.0 Å². The topological polar surface area (TPSA) is 43.0 Å². The molecular formula is C23H34Cl2N2O3. The molecule has 0 unspecified atom stereocenters. The van der Waals surface area contributed by atoms with Crippen LogP contribution in [0.4, 0.5) is 0 Å². The highest BCUT2D eigenvalue weighted by Crippen LogP contribution is 2.53. The van der Waals surface area contributed by atoms with Crippen molar-refractivity contribution in [1.82, 2.24) is 10.2 Å². The van der Waals surface area contributed by atoms with Gasteiger partial charge in [-0.2, -0.15) is 0 Å². The molecule has 30 heavy (non-hydrogen) atoms. The van der Waals surface area contributed by atoms with Crippen LogP contribution in [0, 0.1) is 11.8 Å². The molecule has 2 spiro atoms. The standard InChI is InChI=1S/C23H32N2O3.2ClH/c1-26-17-2-3-19-16(12-17)5-11-27-22(19)7-9-25(10-8-22)14-18-20-13-24-15-23(20)6-4-21(18)28-23;;/h2-3,12,18,20-21,24H,4-11,13-15H2,1H3;2*1H/t18-,20-,21-,23-;;/m1../s1. The maximum atomic E-state index is 6.49. The van der Waals surface area contributed by atoms with Crippen LogP contribution in [0.1, 0.15) is 36.8 Å². The minimum Gasteiger partial charge on any atom is -0.497 e. The van der Waals surface area contributed by atoms with Gasteiger partial charge in [0.05, 0.1) is 31.0 Å². The molecule has 5 nitrogen and oxygen atoms in total. The van der Waals surface area contributed by atoms with E-state index in [1.807, 2.05) is 0 Å². The van der Waals surface area contributed by atoms with Crippen molar-refractivity contribution in [3.05, 3.63) is 29.3 Å². The second kappa shape index (κ2) is 8.42. The van der Waals surface area contributed by atoms with Gasteiger partial charge < -0.3 is 24.4 Å². The van der Waals surface area contributed by atoms with Gasteiger partial charge in [0.2, 0.25) is 0 Å². The number of nitrogens with zero attached hydrogens (tertiary/aromatic N) is 1. The van der Waals surface area contributed by atoms with Crippen LogP contribution in [0.3, 0.4) is 0 Å². The van der Waals surface area contributed by atoms with Gasteiger partial charge in [0.1, 0.15) is 5.75 Å². The highest BCUT2D eigenvalue weighted by Gasteiger charge is 2.61. The fourth-order valence-corrected chi connectivity index (χ4v) is 6.90. The minimum atomic E-state index is -0.0856. The Kier molecular flexibility index (Phi) is 6.35. The first kappa shape index (κ1) is 22.6. The molecule has 6 rings (SSSR count). The minimum absolute atomic E-state index is 0. The highest BCUT2D eigenvalue weighted by atomic mass is 35.5. The summed E-state index contributed by atoms with van der Waals surface area (Å²) in [6, 6.07) is 6.56. The first-order chi connectivity index (χ1) is 13.7. The van der Waals surface area contributed by atoms with Crippen molar-refractivity contribution >= 4 is 24.8 Å². The number of benzene rings is 1. The van der Waals surface area contributed by atoms with E-state index in [1.54, 1.807) is 7.11 Å². The van der Waals surface area contributed by atoms with Gasteiger partial charge in [-0.05, 0) is 55.4 Å². The summed E-state index contributed by atoms with van der Waals surface area (Å²) in [4.78, 5) is 2.69. The van der Waals surface area contributed by atoms with Crippen molar-refractivity contribution in [2.75, 3.05) is 46.4 Å². The third kappa shape index (κ3) is 3.37. The number of hydrogen-bond acceptors (Lipinski definition) is 5. The number of nitrogens with one attached hydrogen (secondary N) is 1. The van der Waals surface area contributed by atoms with Crippen LogP contribution < -0.4 is 10.1 Å². The molecule has 0 aromatic heterocycles. The predicted molar refractivity (Wildman–Crippen MR) is 121 cm³/mol. The van der Waals surface area contributed by atoms with Crippen molar-refractivity contribution in [2.45, 2.75) is 49.4 Å². The summed E-state index contributed by atoms with van der Waals surface area (Å²) in [6.45, 7) is 6.50. The number of fused-ring (bicyclic) bond motifs is 3. The summed E-state index contributed by atoms with van der Waals surface area (Å²) >= 11 is 0. The predicted octanol–water partition coefficient (Wildman–Crippen LogP) is 3.17. The zero-order valence-electron chi connectivity index (χ0n) is 17.7. The van der Waals surface area contributed by atoms with E-state index in [1.165, 1.54) is 30.5 Å². The lowest BCUT2D eigenvalue weighted by Crippen LogP contribution is -2.49. The van der Waals surface area contributed by atoms with E-state index in [0.717, 1.165) is 63.7 Å². The Labute approximate surface area is 192 Å². The van der Waals surface area contributed by atoms with Crippen molar-refractivity contribution in [3.63, 3.8) is 0 Å². The molecule has 1 aromatic rings. The van der Waals surface area contributed by atoms with Gasteiger partial charge in [-0.15, -0.1) is 24.8 Å². The zero-order valence-corrected chi connectivity index (χ0v) is 19.4. The molecule has 2 bridgehead atoms. The summed E-state index contributed by atoms with van der Waals surface area (Å²) in [5.74, 6) is 2.39. The zero-order chi connectivity index (χ0) is 18.8. The number of halogens is 2. The number of hydrogen-bond donors (Lipinski definition) is 1. The molecule has 4 fully saturated rings. The van der Waals surface area contributed by atoms with Crippen LogP contribution >= 0.6 is 24.8 Å². The maximum absolute atomic E-state index is 6.49. The lowest BCUT2D eigenvalue weighted by molar-refractivity contribution is -0.100. The summed E-state index contributed by atoms with van der Waals surface area (Å²) in [5.41, 5.74) is 2.91. The monoisotopic (exact) mass is 456 g/mol. The van der Waals surface area contributed by atoms with E-state index in [9.17, 15) is 0 Å². The van der Waals surface area contributed by atoms with Crippen LogP contribution in [0.2, 0.25) is 0 Å². The second-order valence-electron chi connectivity index (χ2n) is 9.58. The van der Waals surface area contributed by atoms with Gasteiger partial charge in [0.15, 0.2) is 0 Å². The number of piperidine rings is 1. The molecule has 0 saturated carbocycles. The van der Waals surface area contributed by atoms with Gasteiger partial charge in [-0.25, -0.2) is 0 Å². The Morgan fingerprint density at radius 1 is 1.20 bits per heavy atom. The lowest BCUT2D eigenvalue weighted by atomic mass is 9.73. The van der Waals surface area contributed by atoms with Crippen molar-refractivity contribution in [2.24, 2.45) is 11.8 Å². The molecule has 0 amide bonds. The summed E-state index contributed by atoms with van der Waals surface area (Å²) in [7, 11) is 1.75. The van der Waals surface area contributed by atoms with Gasteiger partial charge in [0.25, 0.3) is 0 Å². The molecule has 0 aliphatic carbocycles. The normalized spacial score (nSPS) is 36.0. The summed E-state index contributed by atoms with van der Waals surface area (Å²) in [5, 5.41) is 3.60. The SMILES string of the molecule is COc1ccc2c(c1)CCOC21CCN(C[C@@H]2[C@H]3CNC[C@]34CC[C@H]2O4)CC1.Cl.Cl. The fourth-order valence-electron chi connectivity index (χ4n) is 6.90. The highest BCUT2D eigenvalue weighted by molar-refractivity contribution is 5.85. The molecule has 5 heterocycles. The van der Waals surface area contributed by atoms with Crippen LogP contribution in [0.15, 0.2) is 18.2 Å². The molecule has 1 N–H and O–H groups in total. The summed E-state index contributed by atoms with van der Waals surface area (Å²) < 4.78 is 18.4. The van der Waals surface area contributed by atoms with Crippen LogP contribution in [-0.4, -0.2) is 63.0 Å². The Morgan fingerprint density at radius 3 is 2.83 bits per heavy atom. The average Bonchev–Trinajstić information content (AvgIpc) is 3.41. The van der Waals surface area contributed by atoms with Crippen molar-refractivity contribution < 1.29 is 14.2 Å². The molecule has 4 atom stereocenters. The van der Waals surface area contributed by atoms with Crippen LogP contribution in [0.5, 0.6) is 5.75 Å². The van der Waals surface area contributed by atoms with Gasteiger partial charge in [-0.1, -0.05) is 6.07 Å². The molecule has 1 aromatic carbocycles.